The van der Waals surface area contributed by atoms with Gasteiger partial charge >= 0.3 is 0 Å². The van der Waals surface area contributed by atoms with Crippen molar-refractivity contribution in [2.45, 2.75) is 30.7 Å². The third-order valence-electron chi connectivity index (χ3n) is 3.47. The Hall–Kier alpha value is -1.22. The van der Waals surface area contributed by atoms with Gasteiger partial charge in [-0.25, -0.2) is 0 Å². The number of carbonyl (C=O) groups is 1. The van der Waals surface area contributed by atoms with Crippen LogP contribution in [0.25, 0.3) is 10.9 Å². The van der Waals surface area contributed by atoms with Crippen molar-refractivity contribution in [1.82, 2.24) is 4.57 Å². The fraction of sp³-hybridized carbons (Fsp3) is 0.357. The largest absolute Gasteiger partial charge is 0.343 e. The highest BCUT2D eigenvalue weighted by molar-refractivity contribution is 7.99. The molecule has 0 saturated heterocycles. The van der Waals surface area contributed by atoms with E-state index in [0.29, 0.717) is 0 Å². The summed E-state index contributed by atoms with van der Waals surface area (Å²) in [6, 6.07) is 8.47. The van der Waals surface area contributed by atoms with Crippen molar-refractivity contribution in [2.75, 3.05) is 5.75 Å². The van der Waals surface area contributed by atoms with Crippen LogP contribution >= 0.6 is 11.8 Å². The predicted molar refractivity (Wildman–Crippen MR) is 71.8 cm³/mol. The molecule has 3 rings (SSSR count). The first-order valence-corrected chi connectivity index (χ1v) is 7.04. The normalized spacial score (nSPS) is 19.2. The molecule has 1 unspecified atom stereocenters. The lowest BCUT2D eigenvalue weighted by atomic mass is 10.0. The first-order valence-electron chi connectivity index (χ1n) is 6.06. The summed E-state index contributed by atoms with van der Waals surface area (Å²) in [6.45, 7) is 3.08. The standard InChI is InChI=1S/C14H15NOS/c1-2-15-12-6-4-3-5-11(12)14-13(15)10(9-16)7-8-17-14/h3-6,9-10H,2,7-8H2,1H3. The van der Waals surface area contributed by atoms with E-state index in [4.69, 9.17) is 0 Å². The molecule has 0 amide bonds. The van der Waals surface area contributed by atoms with Crippen molar-refractivity contribution >= 4 is 29.0 Å². The monoisotopic (exact) mass is 245 g/mol. The van der Waals surface area contributed by atoms with Gasteiger partial charge in [0, 0.05) is 28.0 Å². The average Bonchev–Trinajstić information content (AvgIpc) is 2.72. The van der Waals surface area contributed by atoms with Crippen LogP contribution in [0.2, 0.25) is 0 Å². The van der Waals surface area contributed by atoms with Crippen LogP contribution in [0, 0.1) is 0 Å². The molecule has 17 heavy (non-hydrogen) atoms. The molecule has 0 saturated carbocycles. The molecule has 1 aromatic carbocycles. The number of rotatable bonds is 2. The Morgan fingerprint density at radius 1 is 1.47 bits per heavy atom. The van der Waals surface area contributed by atoms with Crippen molar-refractivity contribution in [3.63, 3.8) is 0 Å². The molecule has 0 bridgehead atoms. The molecule has 0 aliphatic carbocycles. The maximum absolute atomic E-state index is 11.2. The highest BCUT2D eigenvalue weighted by Gasteiger charge is 2.27. The third-order valence-corrected chi connectivity index (χ3v) is 4.63. The first-order chi connectivity index (χ1) is 8.36. The van der Waals surface area contributed by atoms with Crippen molar-refractivity contribution < 1.29 is 4.79 Å². The SMILES string of the molecule is CCn1c2c(c3ccccc31)SCCC2C=O. The van der Waals surface area contributed by atoms with Crippen LogP contribution in [0.5, 0.6) is 0 Å². The smallest absolute Gasteiger partial charge is 0.129 e. The van der Waals surface area contributed by atoms with Gasteiger partial charge in [-0.2, -0.15) is 0 Å². The molecule has 1 aliphatic heterocycles. The number of fused-ring (bicyclic) bond motifs is 3. The van der Waals surface area contributed by atoms with E-state index in [-0.39, 0.29) is 5.92 Å². The summed E-state index contributed by atoms with van der Waals surface area (Å²) in [5, 5.41) is 1.31. The van der Waals surface area contributed by atoms with Gasteiger partial charge in [-0.15, -0.1) is 11.8 Å². The van der Waals surface area contributed by atoms with E-state index in [2.05, 4.69) is 35.8 Å². The maximum Gasteiger partial charge on any atom is 0.129 e. The summed E-state index contributed by atoms with van der Waals surface area (Å²) >= 11 is 1.89. The van der Waals surface area contributed by atoms with E-state index in [9.17, 15) is 4.79 Å². The lowest BCUT2D eigenvalue weighted by Gasteiger charge is -2.20. The number of aromatic nitrogens is 1. The Bertz CT molecular complexity index is 540. The Morgan fingerprint density at radius 2 is 2.29 bits per heavy atom. The lowest BCUT2D eigenvalue weighted by Crippen LogP contribution is -2.13. The predicted octanol–water partition coefficient (Wildman–Crippen LogP) is 3.44. The molecule has 2 aromatic rings. The highest BCUT2D eigenvalue weighted by Crippen LogP contribution is 2.43. The summed E-state index contributed by atoms with van der Waals surface area (Å²) in [4.78, 5) is 12.6. The van der Waals surface area contributed by atoms with Gasteiger partial charge in [-0.3, -0.25) is 0 Å². The van der Waals surface area contributed by atoms with Crippen LogP contribution in [-0.4, -0.2) is 16.6 Å². The number of benzene rings is 1. The molecular weight excluding hydrogens is 230 g/mol. The second kappa shape index (κ2) is 4.22. The molecule has 0 spiro atoms. The average molecular weight is 245 g/mol. The van der Waals surface area contributed by atoms with Gasteiger partial charge in [0.2, 0.25) is 0 Å². The molecule has 3 heteroatoms. The first kappa shape index (κ1) is 10.9. The zero-order valence-corrected chi connectivity index (χ0v) is 10.7. The maximum atomic E-state index is 11.2. The number of thioether (sulfide) groups is 1. The molecule has 88 valence electrons. The molecule has 1 aromatic heterocycles. The minimum absolute atomic E-state index is 0.0820. The molecule has 2 heterocycles. The van der Waals surface area contributed by atoms with E-state index in [0.717, 1.165) is 25.0 Å². The molecule has 0 N–H and O–H groups in total. The summed E-state index contributed by atoms with van der Waals surface area (Å²) in [7, 11) is 0. The van der Waals surface area contributed by atoms with E-state index in [1.165, 1.54) is 21.5 Å². The van der Waals surface area contributed by atoms with E-state index in [1.54, 1.807) is 0 Å². The van der Waals surface area contributed by atoms with Crippen molar-refractivity contribution in [3.05, 3.63) is 30.0 Å². The van der Waals surface area contributed by atoms with Crippen LogP contribution < -0.4 is 0 Å². The zero-order valence-electron chi connectivity index (χ0n) is 9.85. The summed E-state index contributed by atoms with van der Waals surface area (Å²) < 4.78 is 2.30. The van der Waals surface area contributed by atoms with E-state index < -0.39 is 0 Å². The summed E-state index contributed by atoms with van der Waals surface area (Å²) in [6.07, 6.45) is 2.08. The number of aldehydes is 1. The van der Waals surface area contributed by atoms with Crippen molar-refractivity contribution in [3.8, 4) is 0 Å². The molecule has 1 aliphatic rings. The van der Waals surface area contributed by atoms with Gasteiger partial charge in [-0.1, -0.05) is 18.2 Å². The van der Waals surface area contributed by atoms with Gasteiger partial charge in [0.25, 0.3) is 0 Å². The Balaban J connectivity index is 2.36. The minimum Gasteiger partial charge on any atom is -0.343 e. The Labute approximate surface area is 105 Å². The Morgan fingerprint density at radius 3 is 3.06 bits per heavy atom. The van der Waals surface area contributed by atoms with Crippen LogP contribution in [0.1, 0.15) is 25.0 Å². The number of aryl methyl sites for hydroxylation is 1. The van der Waals surface area contributed by atoms with Gasteiger partial charge in [0.1, 0.15) is 6.29 Å². The molecule has 2 nitrogen and oxygen atoms in total. The Kier molecular flexibility index (Phi) is 2.71. The lowest BCUT2D eigenvalue weighted by molar-refractivity contribution is -0.109. The van der Waals surface area contributed by atoms with E-state index in [1.807, 2.05) is 11.8 Å². The summed E-state index contributed by atoms with van der Waals surface area (Å²) in [5.41, 5.74) is 2.50. The van der Waals surface area contributed by atoms with E-state index >= 15 is 0 Å². The van der Waals surface area contributed by atoms with Crippen molar-refractivity contribution in [1.29, 1.82) is 0 Å². The summed E-state index contributed by atoms with van der Waals surface area (Å²) in [5.74, 6) is 1.13. The number of para-hydroxylation sites is 1. The topological polar surface area (TPSA) is 22.0 Å². The second-order valence-corrected chi connectivity index (χ2v) is 5.46. The number of carbonyl (C=O) groups excluding carboxylic acids is 1. The number of hydrogen-bond acceptors (Lipinski definition) is 2. The van der Waals surface area contributed by atoms with Gasteiger partial charge in [-0.05, 0) is 25.2 Å². The number of hydrogen-bond donors (Lipinski definition) is 0. The fourth-order valence-corrected chi connectivity index (χ4v) is 4.02. The molecule has 0 radical (unpaired) electrons. The van der Waals surface area contributed by atoms with Crippen molar-refractivity contribution in [2.24, 2.45) is 0 Å². The second-order valence-electron chi connectivity index (χ2n) is 4.36. The molecule has 1 atom stereocenters. The third kappa shape index (κ3) is 1.53. The van der Waals surface area contributed by atoms with Crippen LogP contribution in [0.3, 0.4) is 0 Å². The van der Waals surface area contributed by atoms with Crippen LogP contribution in [0.15, 0.2) is 29.2 Å². The van der Waals surface area contributed by atoms with Crippen LogP contribution in [0.4, 0.5) is 0 Å². The zero-order chi connectivity index (χ0) is 11.8. The molecular formula is C14H15NOS. The fourth-order valence-electron chi connectivity index (χ4n) is 2.71. The molecule has 0 fully saturated rings. The van der Waals surface area contributed by atoms with Crippen LogP contribution in [-0.2, 0) is 11.3 Å². The minimum atomic E-state index is 0.0820. The van der Waals surface area contributed by atoms with Gasteiger partial charge in [0.05, 0.1) is 5.92 Å². The highest BCUT2D eigenvalue weighted by atomic mass is 32.2. The van der Waals surface area contributed by atoms with Gasteiger partial charge < -0.3 is 9.36 Å². The van der Waals surface area contributed by atoms with Gasteiger partial charge in [0.15, 0.2) is 0 Å². The quantitative estimate of drug-likeness (QED) is 0.756. The number of nitrogens with zero attached hydrogens (tertiary/aromatic N) is 1.